The molecule has 0 aliphatic heterocycles. The first-order chi connectivity index (χ1) is 10.1. The second-order valence-electron chi connectivity index (χ2n) is 4.51. The van der Waals surface area contributed by atoms with E-state index in [4.69, 9.17) is 15.2 Å². The minimum atomic E-state index is -0.229. The molecule has 0 fully saturated rings. The maximum atomic E-state index is 11.2. The Morgan fingerprint density at radius 3 is 2.43 bits per heavy atom. The Kier molecular flexibility index (Phi) is 4.79. The fraction of sp³-hybridized carbons (Fsp3) is 0.188. The Morgan fingerprint density at radius 2 is 1.81 bits per heavy atom. The van der Waals surface area contributed by atoms with E-state index in [-0.39, 0.29) is 12.5 Å². The normalized spacial score (nSPS) is 10.0. The van der Waals surface area contributed by atoms with Crippen molar-refractivity contribution in [2.24, 2.45) is 5.73 Å². The van der Waals surface area contributed by atoms with Crippen LogP contribution in [0, 0.1) is 6.92 Å². The smallest absolute Gasteiger partial charge is 0.238 e. The van der Waals surface area contributed by atoms with Crippen molar-refractivity contribution >= 4 is 11.6 Å². The van der Waals surface area contributed by atoms with Gasteiger partial charge in [-0.25, -0.2) is 0 Å². The molecule has 21 heavy (non-hydrogen) atoms. The minimum absolute atomic E-state index is 0.0404. The third-order valence-corrected chi connectivity index (χ3v) is 2.95. The van der Waals surface area contributed by atoms with E-state index in [9.17, 15) is 4.79 Å². The number of anilines is 1. The molecule has 0 spiro atoms. The van der Waals surface area contributed by atoms with Crippen LogP contribution < -0.4 is 20.5 Å². The number of amides is 1. The Hall–Kier alpha value is -2.53. The molecule has 0 aliphatic rings. The number of benzene rings is 2. The third-order valence-electron chi connectivity index (χ3n) is 2.95. The highest BCUT2D eigenvalue weighted by atomic mass is 16.5. The average Bonchev–Trinajstić information content (AvgIpc) is 2.51. The molecule has 2 aromatic carbocycles. The van der Waals surface area contributed by atoms with Gasteiger partial charge in [0.15, 0.2) is 0 Å². The van der Waals surface area contributed by atoms with Crippen LogP contribution in [0.15, 0.2) is 42.5 Å². The summed E-state index contributed by atoms with van der Waals surface area (Å²) in [5, 5.41) is 2.67. The highest BCUT2D eigenvalue weighted by Gasteiger charge is 2.05. The van der Waals surface area contributed by atoms with Gasteiger partial charge in [0.2, 0.25) is 5.91 Å². The van der Waals surface area contributed by atoms with Crippen LogP contribution in [-0.4, -0.2) is 19.6 Å². The molecule has 0 heterocycles. The summed E-state index contributed by atoms with van der Waals surface area (Å²) >= 11 is 0. The molecule has 0 atom stereocenters. The number of hydrogen-bond donors (Lipinski definition) is 2. The van der Waals surface area contributed by atoms with E-state index in [0.717, 1.165) is 17.1 Å². The molecule has 0 saturated carbocycles. The summed E-state index contributed by atoms with van der Waals surface area (Å²) in [5.41, 5.74) is 6.94. The molecule has 0 saturated heterocycles. The number of hydrogen-bond acceptors (Lipinski definition) is 4. The number of ether oxygens (including phenoxy) is 2. The number of methoxy groups -OCH3 is 1. The van der Waals surface area contributed by atoms with Crippen molar-refractivity contribution < 1.29 is 14.3 Å². The minimum Gasteiger partial charge on any atom is -0.497 e. The second-order valence-corrected chi connectivity index (χ2v) is 4.51. The lowest BCUT2D eigenvalue weighted by molar-refractivity contribution is -0.114. The van der Waals surface area contributed by atoms with Gasteiger partial charge >= 0.3 is 0 Å². The maximum absolute atomic E-state index is 11.2. The van der Waals surface area contributed by atoms with Crippen LogP contribution in [0.4, 0.5) is 5.69 Å². The van der Waals surface area contributed by atoms with E-state index in [0.29, 0.717) is 11.4 Å². The third kappa shape index (κ3) is 3.97. The van der Waals surface area contributed by atoms with Crippen LogP contribution >= 0.6 is 0 Å². The fourth-order valence-corrected chi connectivity index (χ4v) is 1.76. The molecule has 3 N–H and O–H groups in total. The van der Waals surface area contributed by atoms with Crippen LogP contribution in [0.1, 0.15) is 5.56 Å². The molecule has 0 aromatic heterocycles. The second kappa shape index (κ2) is 6.76. The predicted molar refractivity (Wildman–Crippen MR) is 81.9 cm³/mol. The van der Waals surface area contributed by atoms with Gasteiger partial charge in [-0.2, -0.15) is 0 Å². The van der Waals surface area contributed by atoms with E-state index in [1.54, 1.807) is 31.4 Å². The highest BCUT2D eigenvalue weighted by molar-refractivity contribution is 5.92. The first-order valence-corrected chi connectivity index (χ1v) is 6.55. The Labute approximate surface area is 123 Å². The predicted octanol–water partition coefficient (Wildman–Crippen LogP) is 2.69. The van der Waals surface area contributed by atoms with Gasteiger partial charge in [0.1, 0.15) is 17.2 Å². The zero-order valence-electron chi connectivity index (χ0n) is 12.1. The molecule has 0 aliphatic carbocycles. The van der Waals surface area contributed by atoms with E-state index in [2.05, 4.69) is 5.32 Å². The van der Waals surface area contributed by atoms with Crippen LogP contribution in [0.3, 0.4) is 0 Å². The van der Waals surface area contributed by atoms with Gasteiger partial charge in [-0.1, -0.05) is 6.07 Å². The molecular weight excluding hydrogens is 268 g/mol. The van der Waals surface area contributed by atoms with Crippen LogP contribution in [0.2, 0.25) is 0 Å². The standard InChI is InChI=1S/C16H18N2O3/c1-11-3-6-14(20-2)9-15(11)21-13-7-4-12(5-8-13)18-16(19)10-17/h3-9H,10,17H2,1-2H3,(H,18,19). The van der Waals surface area contributed by atoms with E-state index < -0.39 is 0 Å². The van der Waals surface area contributed by atoms with Crippen molar-refractivity contribution in [2.75, 3.05) is 19.0 Å². The number of rotatable bonds is 5. The monoisotopic (exact) mass is 286 g/mol. The molecule has 0 bridgehead atoms. The number of carbonyl (C=O) groups is 1. The van der Waals surface area contributed by atoms with Gasteiger partial charge in [-0.05, 0) is 42.8 Å². The average molecular weight is 286 g/mol. The van der Waals surface area contributed by atoms with E-state index in [1.807, 2.05) is 25.1 Å². The molecule has 0 unspecified atom stereocenters. The van der Waals surface area contributed by atoms with Crippen molar-refractivity contribution in [3.05, 3.63) is 48.0 Å². The topological polar surface area (TPSA) is 73.6 Å². The summed E-state index contributed by atoms with van der Waals surface area (Å²) in [6.45, 7) is 1.92. The van der Waals surface area contributed by atoms with Crippen molar-refractivity contribution in [3.63, 3.8) is 0 Å². The van der Waals surface area contributed by atoms with Crippen LogP contribution in [-0.2, 0) is 4.79 Å². The Balaban J connectivity index is 2.11. The molecule has 110 valence electrons. The van der Waals surface area contributed by atoms with Gasteiger partial charge in [0.05, 0.1) is 13.7 Å². The van der Waals surface area contributed by atoms with Gasteiger partial charge in [-0.15, -0.1) is 0 Å². The lowest BCUT2D eigenvalue weighted by Crippen LogP contribution is -2.21. The zero-order chi connectivity index (χ0) is 15.2. The summed E-state index contributed by atoms with van der Waals surface area (Å²) in [4.78, 5) is 11.2. The molecule has 0 radical (unpaired) electrons. The van der Waals surface area contributed by atoms with Crippen LogP contribution in [0.25, 0.3) is 0 Å². The SMILES string of the molecule is COc1ccc(C)c(Oc2ccc(NC(=O)CN)cc2)c1. The lowest BCUT2D eigenvalue weighted by Gasteiger charge is -2.11. The Bertz CT molecular complexity index is 624. The number of nitrogens with one attached hydrogen (secondary N) is 1. The number of aryl methyl sites for hydroxylation is 1. The van der Waals surface area contributed by atoms with Gasteiger partial charge in [-0.3, -0.25) is 4.79 Å². The van der Waals surface area contributed by atoms with Gasteiger partial charge < -0.3 is 20.5 Å². The summed E-state index contributed by atoms with van der Waals surface area (Å²) in [7, 11) is 1.61. The first-order valence-electron chi connectivity index (χ1n) is 6.55. The summed E-state index contributed by atoms with van der Waals surface area (Å²) < 4.78 is 11.0. The summed E-state index contributed by atoms with van der Waals surface area (Å²) in [6.07, 6.45) is 0. The highest BCUT2D eigenvalue weighted by Crippen LogP contribution is 2.29. The molecule has 5 heteroatoms. The summed E-state index contributed by atoms with van der Waals surface area (Å²) in [6, 6.07) is 12.7. The quantitative estimate of drug-likeness (QED) is 0.886. The largest absolute Gasteiger partial charge is 0.497 e. The van der Waals surface area contributed by atoms with Gasteiger partial charge in [0.25, 0.3) is 0 Å². The molecule has 2 rings (SSSR count). The molecular formula is C16H18N2O3. The maximum Gasteiger partial charge on any atom is 0.238 e. The fourth-order valence-electron chi connectivity index (χ4n) is 1.76. The number of nitrogens with two attached hydrogens (primary N) is 1. The van der Waals surface area contributed by atoms with Crippen molar-refractivity contribution in [2.45, 2.75) is 6.92 Å². The first kappa shape index (κ1) is 14.9. The van der Waals surface area contributed by atoms with Crippen molar-refractivity contribution in [1.29, 1.82) is 0 Å². The number of carbonyl (C=O) groups excluding carboxylic acids is 1. The zero-order valence-corrected chi connectivity index (χ0v) is 12.1. The lowest BCUT2D eigenvalue weighted by atomic mass is 10.2. The van der Waals surface area contributed by atoms with Crippen LogP contribution in [0.5, 0.6) is 17.2 Å². The molecule has 2 aromatic rings. The summed E-state index contributed by atoms with van der Waals surface area (Å²) in [5.74, 6) is 1.92. The van der Waals surface area contributed by atoms with Crippen molar-refractivity contribution in [1.82, 2.24) is 0 Å². The van der Waals surface area contributed by atoms with E-state index in [1.165, 1.54) is 0 Å². The van der Waals surface area contributed by atoms with Crippen molar-refractivity contribution in [3.8, 4) is 17.2 Å². The Morgan fingerprint density at radius 1 is 1.14 bits per heavy atom. The van der Waals surface area contributed by atoms with E-state index >= 15 is 0 Å². The van der Waals surface area contributed by atoms with Gasteiger partial charge in [0, 0.05) is 11.8 Å². The molecule has 5 nitrogen and oxygen atoms in total. The molecule has 1 amide bonds.